The van der Waals surface area contributed by atoms with Crippen LogP contribution in [-0.2, 0) is 6.54 Å². The van der Waals surface area contributed by atoms with Crippen LogP contribution in [0.15, 0.2) is 42.7 Å². The van der Waals surface area contributed by atoms with Gasteiger partial charge >= 0.3 is 0 Å². The summed E-state index contributed by atoms with van der Waals surface area (Å²) in [6.07, 6.45) is 3.79. The minimum Gasteiger partial charge on any atom is -0.265 e. The topological polar surface area (TPSA) is 43.6 Å². The third-order valence-electron chi connectivity index (χ3n) is 2.62. The van der Waals surface area contributed by atoms with Crippen LogP contribution in [0, 0.1) is 6.92 Å². The first kappa shape index (κ1) is 9.96. The lowest BCUT2D eigenvalue weighted by Crippen LogP contribution is -1.99. The highest BCUT2D eigenvalue weighted by Gasteiger charge is 2.03. The average Bonchev–Trinajstić information content (AvgIpc) is 2.71. The van der Waals surface area contributed by atoms with E-state index in [0.717, 1.165) is 23.4 Å². The second-order valence-electron chi connectivity index (χ2n) is 4.01. The Morgan fingerprint density at radius 2 is 2.00 bits per heavy atom. The second-order valence-corrected chi connectivity index (χ2v) is 4.01. The predicted octanol–water partition coefficient (Wildman–Crippen LogP) is 2.18. The van der Waals surface area contributed by atoms with Crippen LogP contribution in [0.25, 0.3) is 11.0 Å². The van der Waals surface area contributed by atoms with Crippen molar-refractivity contribution in [1.82, 2.24) is 19.7 Å². The van der Waals surface area contributed by atoms with E-state index in [1.54, 1.807) is 0 Å². The maximum atomic E-state index is 4.43. The highest BCUT2D eigenvalue weighted by atomic mass is 15.3. The van der Waals surface area contributed by atoms with E-state index in [1.165, 1.54) is 5.56 Å². The first-order valence-electron chi connectivity index (χ1n) is 5.52. The minimum atomic E-state index is 0.752. The molecule has 0 radical (unpaired) electrons. The van der Waals surface area contributed by atoms with Gasteiger partial charge in [-0.15, -0.1) is 0 Å². The molecule has 0 saturated heterocycles. The van der Waals surface area contributed by atoms with Gasteiger partial charge in [-0.3, -0.25) is 4.68 Å². The first-order valence-corrected chi connectivity index (χ1v) is 5.52. The maximum absolute atomic E-state index is 4.43. The Kier molecular flexibility index (Phi) is 2.33. The molecule has 0 amide bonds. The van der Waals surface area contributed by atoms with Crippen LogP contribution in [-0.4, -0.2) is 19.7 Å². The van der Waals surface area contributed by atoms with Crippen molar-refractivity contribution in [3.05, 3.63) is 54.1 Å². The fourth-order valence-corrected chi connectivity index (χ4v) is 1.80. The molecule has 4 nitrogen and oxygen atoms in total. The molecule has 0 fully saturated rings. The van der Waals surface area contributed by atoms with Crippen LogP contribution >= 0.6 is 0 Å². The highest BCUT2D eigenvalue weighted by molar-refractivity contribution is 5.72. The van der Waals surface area contributed by atoms with Crippen LogP contribution in [0.2, 0.25) is 0 Å². The number of aromatic nitrogens is 4. The number of fused-ring (bicyclic) bond motifs is 1. The van der Waals surface area contributed by atoms with Crippen LogP contribution in [0.5, 0.6) is 0 Å². The van der Waals surface area contributed by atoms with Gasteiger partial charge in [0.05, 0.1) is 11.9 Å². The summed E-state index contributed by atoms with van der Waals surface area (Å²) in [6, 6.07) is 10.2. The molecule has 17 heavy (non-hydrogen) atoms. The molecule has 0 aliphatic heterocycles. The van der Waals surface area contributed by atoms with Crippen molar-refractivity contribution in [1.29, 1.82) is 0 Å². The Hall–Kier alpha value is -2.23. The van der Waals surface area contributed by atoms with Crippen LogP contribution in [0.3, 0.4) is 0 Å². The average molecular weight is 224 g/mol. The summed E-state index contributed by atoms with van der Waals surface area (Å²) >= 11 is 0. The van der Waals surface area contributed by atoms with E-state index in [0.29, 0.717) is 0 Å². The summed E-state index contributed by atoms with van der Waals surface area (Å²) in [4.78, 5) is 8.46. The molecular formula is C13H12N4. The minimum absolute atomic E-state index is 0.752. The van der Waals surface area contributed by atoms with Gasteiger partial charge in [-0.25, -0.2) is 9.97 Å². The lowest BCUT2D eigenvalue weighted by atomic mass is 10.2. The van der Waals surface area contributed by atoms with Gasteiger partial charge in [0.2, 0.25) is 0 Å². The quantitative estimate of drug-likeness (QED) is 0.670. The fourth-order valence-electron chi connectivity index (χ4n) is 1.80. The summed E-state index contributed by atoms with van der Waals surface area (Å²) < 4.78 is 1.90. The third kappa shape index (κ3) is 2.01. The molecule has 0 aliphatic carbocycles. The molecule has 0 atom stereocenters. The summed E-state index contributed by atoms with van der Waals surface area (Å²) in [5.74, 6) is 0.752. The molecule has 2 aromatic heterocycles. The molecule has 0 aliphatic rings. The molecule has 0 N–H and O–H groups in total. The number of hydrogen-bond donors (Lipinski definition) is 0. The first-order chi connectivity index (χ1) is 8.31. The zero-order chi connectivity index (χ0) is 11.7. The molecular weight excluding hydrogens is 212 g/mol. The van der Waals surface area contributed by atoms with Crippen LogP contribution in [0.1, 0.15) is 11.4 Å². The van der Waals surface area contributed by atoms with E-state index in [2.05, 4.69) is 27.2 Å². The van der Waals surface area contributed by atoms with Crippen molar-refractivity contribution in [2.45, 2.75) is 13.5 Å². The van der Waals surface area contributed by atoms with E-state index in [1.807, 2.05) is 42.2 Å². The summed E-state index contributed by atoms with van der Waals surface area (Å²) in [5, 5.41) is 5.41. The smallest absolute Gasteiger partial charge is 0.184 e. The van der Waals surface area contributed by atoms with Gasteiger partial charge in [-0.1, -0.05) is 30.3 Å². The summed E-state index contributed by atoms with van der Waals surface area (Å²) in [6.45, 7) is 2.63. The van der Waals surface area contributed by atoms with Gasteiger partial charge in [-0.2, -0.15) is 5.10 Å². The number of benzene rings is 1. The molecule has 1 aromatic carbocycles. The third-order valence-corrected chi connectivity index (χ3v) is 2.62. The molecule has 0 spiro atoms. The maximum Gasteiger partial charge on any atom is 0.184 e. The molecule has 3 aromatic rings. The fraction of sp³-hybridized carbons (Fsp3) is 0.154. The number of rotatable bonds is 2. The molecule has 0 saturated carbocycles. The number of nitrogens with zero attached hydrogens (tertiary/aromatic N) is 4. The number of aryl methyl sites for hydroxylation is 1. The predicted molar refractivity (Wildman–Crippen MR) is 65.6 cm³/mol. The zero-order valence-corrected chi connectivity index (χ0v) is 9.54. The van der Waals surface area contributed by atoms with Crippen LogP contribution in [0.4, 0.5) is 0 Å². The molecule has 0 unspecified atom stereocenters. The lowest BCUT2D eigenvalue weighted by Gasteiger charge is -1.99. The Labute approximate surface area is 98.9 Å². The van der Waals surface area contributed by atoms with Gasteiger partial charge < -0.3 is 0 Å². The summed E-state index contributed by atoms with van der Waals surface area (Å²) in [5.41, 5.74) is 1.98. The lowest BCUT2D eigenvalue weighted by molar-refractivity contribution is 0.693. The van der Waals surface area contributed by atoms with Crippen molar-refractivity contribution in [2.75, 3.05) is 0 Å². The van der Waals surface area contributed by atoms with Gasteiger partial charge in [0.1, 0.15) is 5.82 Å². The van der Waals surface area contributed by atoms with Gasteiger partial charge in [0.25, 0.3) is 0 Å². The van der Waals surface area contributed by atoms with E-state index in [-0.39, 0.29) is 0 Å². The van der Waals surface area contributed by atoms with Crippen molar-refractivity contribution in [3.63, 3.8) is 0 Å². The van der Waals surface area contributed by atoms with Gasteiger partial charge in [0, 0.05) is 12.4 Å². The van der Waals surface area contributed by atoms with E-state index in [4.69, 9.17) is 0 Å². The van der Waals surface area contributed by atoms with E-state index in [9.17, 15) is 0 Å². The summed E-state index contributed by atoms with van der Waals surface area (Å²) in [7, 11) is 0. The Morgan fingerprint density at radius 3 is 2.82 bits per heavy atom. The molecule has 3 rings (SSSR count). The zero-order valence-electron chi connectivity index (χ0n) is 9.54. The standard InChI is InChI=1S/C13H12N4/c1-10-14-7-12-9-17(16-13(12)15-10)8-11-5-3-2-4-6-11/h2-7,9H,8H2,1H3. The van der Waals surface area contributed by atoms with Gasteiger partial charge in [-0.05, 0) is 12.5 Å². The SMILES string of the molecule is Cc1ncc2cn(Cc3ccccc3)nc2n1. The van der Waals surface area contributed by atoms with E-state index < -0.39 is 0 Å². The normalized spacial score (nSPS) is 10.9. The van der Waals surface area contributed by atoms with Crippen molar-refractivity contribution in [2.24, 2.45) is 0 Å². The molecule has 2 heterocycles. The highest BCUT2D eigenvalue weighted by Crippen LogP contribution is 2.10. The van der Waals surface area contributed by atoms with Crippen molar-refractivity contribution in [3.8, 4) is 0 Å². The Bertz CT molecular complexity index is 643. The van der Waals surface area contributed by atoms with Crippen molar-refractivity contribution >= 4 is 11.0 Å². The molecule has 0 bridgehead atoms. The Morgan fingerprint density at radius 1 is 1.18 bits per heavy atom. The molecule has 84 valence electrons. The Balaban J connectivity index is 1.96. The van der Waals surface area contributed by atoms with Crippen molar-refractivity contribution < 1.29 is 0 Å². The number of hydrogen-bond acceptors (Lipinski definition) is 3. The second kappa shape index (κ2) is 3.97. The monoisotopic (exact) mass is 224 g/mol. The molecule has 4 heteroatoms. The van der Waals surface area contributed by atoms with Gasteiger partial charge in [0.15, 0.2) is 5.65 Å². The van der Waals surface area contributed by atoms with E-state index >= 15 is 0 Å². The largest absolute Gasteiger partial charge is 0.265 e. The van der Waals surface area contributed by atoms with Crippen LogP contribution < -0.4 is 0 Å².